The Labute approximate surface area is 144 Å². The topological polar surface area (TPSA) is 33.5 Å². The lowest BCUT2D eigenvalue weighted by atomic mass is 10.2. The van der Waals surface area contributed by atoms with Crippen molar-refractivity contribution in [1.82, 2.24) is 0 Å². The first-order valence-corrected chi connectivity index (χ1v) is 8.54. The average molecular weight is 346 g/mol. The second-order valence-corrected chi connectivity index (χ2v) is 6.90. The number of carbonyl (C=O) groups is 1. The number of rotatable bonds is 6. The number of furan rings is 1. The van der Waals surface area contributed by atoms with Gasteiger partial charge in [0.15, 0.2) is 0 Å². The van der Waals surface area contributed by atoms with E-state index < -0.39 is 0 Å². The molecule has 1 aromatic carbocycles. The summed E-state index contributed by atoms with van der Waals surface area (Å²) >= 11 is 7.46. The van der Waals surface area contributed by atoms with E-state index in [1.54, 1.807) is 11.2 Å². The minimum Gasteiger partial charge on any atom is -0.467 e. The van der Waals surface area contributed by atoms with E-state index >= 15 is 0 Å². The van der Waals surface area contributed by atoms with Crippen LogP contribution in [-0.2, 0) is 17.8 Å². The van der Waals surface area contributed by atoms with Crippen LogP contribution in [-0.4, -0.2) is 5.91 Å². The second kappa shape index (κ2) is 7.49. The maximum atomic E-state index is 12.7. The number of thiophene rings is 1. The molecule has 3 rings (SSSR count). The molecule has 0 aliphatic carbocycles. The molecule has 118 valence electrons. The van der Waals surface area contributed by atoms with Gasteiger partial charge in [-0.2, -0.15) is 0 Å². The van der Waals surface area contributed by atoms with Gasteiger partial charge >= 0.3 is 0 Å². The molecule has 2 heterocycles. The zero-order chi connectivity index (χ0) is 16.1. The van der Waals surface area contributed by atoms with Crippen molar-refractivity contribution in [3.8, 4) is 0 Å². The van der Waals surface area contributed by atoms with Crippen LogP contribution in [0.5, 0.6) is 0 Å². The molecule has 1 amide bonds. The summed E-state index contributed by atoms with van der Waals surface area (Å²) < 4.78 is 6.15. The Hall–Kier alpha value is -2.04. The number of halogens is 1. The SMILES string of the molecule is O=C(CCc1ccc(Cl)s1)N(Cc1ccco1)c1ccccc1. The molecule has 5 heteroatoms. The zero-order valence-electron chi connectivity index (χ0n) is 12.4. The van der Waals surface area contributed by atoms with Crippen LogP contribution >= 0.6 is 22.9 Å². The molecule has 0 N–H and O–H groups in total. The molecule has 0 fully saturated rings. The van der Waals surface area contributed by atoms with Crippen molar-refractivity contribution in [3.05, 3.63) is 75.8 Å². The molecule has 0 saturated carbocycles. The molecule has 0 atom stereocenters. The lowest BCUT2D eigenvalue weighted by Gasteiger charge is -2.21. The Morgan fingerprint density at radius 1 is 1.09 bits per heavy atom. The lowest BCUT2D eigenvalue weighted by Crippen LogP contribution is -2.30. The summed E-state index contributed by atoms with van der Waals surface area (Å²) in [7, 11) is 0. The maximum Gasteiger partial charge on any atom is 0.227 e. The standard InChI is InChI=1S/C18H16ClNO2S/c19-17-10-8-16(23-17)9-11-18(21)20(13-15-7-4-12-22-15)14-5-2-1-3-6-14/h1-8,10,12H,9,11,13H2. The van der Waals surface area contributed by atoms with E-state index in [2.05, 4.69) is 0 Å². The third-order valence-corrected chi connectivity index (χ3v) is 4.77. The average Bonchev–Trinajstić information content (AvgIpc) is 3.23. The van der Waals surface area contributed by atoms with Crippen molar-refractivity contribution in [2.45, 2.75) is 19.4 Å². The summed E-state index contributed by atoms with van der Waals surface area (Å²) in [4.78, 5) is 15.6. The monoisotopic (exact) mass is 345 g/mol. The van der Waals surface area contributed by atoms with Gasteiger partial charge in [0, 0.05) is 17.0 Å². The van der Waals surface area contributed by atoms with Gasteiger partial charge in [0.25, 0.3) is 0 Å². The number of hydrogen-bond donors (Lipinski definition) is 0. The van der Waals surface area contributed by atoms with Gasteiger partial charge in [-0.25, -0.2) is 0 Å². The van der Waals surface area contributed by atoms with Crippen LogP contribution in [0.15, 0.2) is 65.3 Å². The zero-order valence-corrected chi connectivity index (χ0v) is 14.0. The summed E-state index contributed by atoms with van der Waals surface area (Å²) in [6, 6.07) is 17.2. The normalized spacial score (nSPS) is 10.7. The van der Waals surface area contributed by atoms with E-state index in [0.29, 0.717) is 19.4 Å². The quantitative estimate of drug-likeness (QED) is 0.618. The Balaban J connectivity index is 1.73. The van der Waals surface area contributed by atoms with E-state index in [1.165, 1.54) is 11.3 Å². The number of hydrogen-bond acceptors (Lipinski definition) is 3. The van der Waals surface area contributed by atoms with Gasteiger partial charge in [0.05, 0.1) is 17.1 Å². The molecule has 0 aliphatic rings. The van der Waals surface area contributed by atoms with Crippen LogP contribution in [0.25, 0.3) is 0 Å². The lowest BCUT2D eigenvalue weighted by molar-refractivity contribution is -0.118. The fraction of sp³-hybridized carbons (Fsp3) is 0.167. The van der Waals surface area contributed by atoms with Gasteiger partial charge in [0.1, 0.15) is 5.76 Å². The molecule has 2 aromatic heterocycles. The van der Waals surface area contributed by atoms with Gasteiger partial charge in [0.2, 0.25) is 5.91 Å². The van der Waals surface area contributed by atoms with Crippen molar-refractivity contribution in [2.75, 3.05) is 4.90 Å². The predicted octanol–water partition coefficient (Wildman–Crippen LogP) is 5.16. The highest BCUT2D eigenvalue weighted by Crippen LogP contribution is 2.24. The highest BCUT2D eigenvalue weighted by molar-refractivity contribution is 7.16. The summed E-state index contributed by atoms with van der Waals surface area (Å²) in [5, 5.41) is 0. The summed E-state index contributed by atoms with van der Waals surface area (Å²) in [5.74, 6) is 0.832. The van der Waals surface area contributed by atoms with Crippen LogP contribution in [0.3, 0.4) is 0 Å². The smallest absolute Gasteiger partial charge is 0.227 e. The number of anilines is 1. The van der Waals surface area contributed by atoms with E-state index in [0.717, 1.165) is 20.7 Å². The number of amides is 1. The van der Waals surface area contributed by atoms with E-state index in [9.17, 15) is 4.79 Å². The summed E-state index contributed by atoms with van der Waals surface area (Å²) in [6.07, 6.45) is 2.75. The molecule has 3 nitrogen and oxygen atoms in total. The Morgan fingerprint density at radius 3 is 2.57 bits per heavy atom. The number of aryl methyl sites for hydroxylation is 1. The predicted molar refractivity (Wildman–Crippen MR) is 94.0 cm³/mol. The first-order valence-electron chi connectivity index (χ1n) is 7.34. The van der Waals surface area contributed by atoms with Crippen LogP contribution in [0.1, 0.15) is 17.1 Å². The van der Waals surface area contributed by atoms with E-state index in [-0.39, 0.29) is 5.91 Å². The molecule has 3 aromatic rings. The fourth-order valence-electron chi connectivity index (χ4n) is 2.34. The Bertz CT molecular complexity index is 752. The molecular formula is C18H16ClNO2S. The van der Waals surface area contributed by atoms with Crippen molar-refractivity contribution >= 4 is 34.5 Å². The van der Waals surface area contributed by atoms with Gasteiger partial charge < -0.3 is 9.32 Å². The third-order valence-electron chi connectivity index (χ3n) is 3.48. The van der Waals surface area contributed by atoms with Crippen LogP contribution in [0, 0.1) is 0 Å². The van der Waals surface area contributed by atoms with Crippen LogP contribution < -0.4 is 4.90 Å². The molecule has 0 aliphatic heterocycles. The minimum absolute atomic E-state index is 0.0668. The highest BCUT2D eigenvalue weighted by Gasteiger charge is 2.17. The van der Waals surface area contributed by atoms with Gasteiger partial charge in [-0.3, -0.25) is 4.79 Å². The second-order valence-electron chi connectivity index (χ2n) is 5.10. The van der Waals surface area contributed by atoms with Crippen molar-refractivity contribution in [3.63, 3.8) is 0 Å². The van der Waals surface area contributed by atoms with E-state index in [1.807, 2.05) is 54.6 Å². The number of benzene rings is 1. The largest absolute Gasteiger partial charge is 0.467 e. The molecular weight excluding hydrogens is 330 g/mol. The van der Waals surface area contributed by atoms with Gasteiger partial charge in [-0.15, -0.1) is 11.3 Å². The summed E-state index contributed by atoms with van der Waals surface area (Å²) in [5.41, 5.74) is 0.873. The van der Waals surface area contributed by atoms with E-state index in [4.69, 9.17) is 16.0 Å². The number of para-hydroxylation sites is 1. The van der Waals surface area contributed by atoms with Gasteiger partial charge in [-0.1, -0.05) is 29.8 Å². The molecule has 0 saturated heterocycles. The van der Waals surface area contributed by atoms with Crippen molar-refractivity contribution in [2.24, 2.45) is 0 Å². The highest BCUT2D eigenvalue weighted by atomic mass is 35.5. The molecule has 0 spiro atoms. The molecule has 0 unspecified atom stereocenters. The van der Waals surface area contributed by atoms with Crippen molar-refractivity contribution < 1.29 is 9.21 Å². The Kier molecular flexibility index (Phi) is 5.16. The van der Waals surface area contributed by atoms with Gasteiger partial charge in [-0.05, 0) is 42.8 Å². The summed E-state index contributed by atoms with van der Waals surface area (Å²) in [6.45, 7) is 0.432. The fourth-order valence-corrected chi connectivity index (χ4v) is 3.43. The maximum absolute atomic E-state index is 12.7. The first-order chi connectivity index (χ1) is 11.2. The molecule has 23 heavy (non-hydrogen) atoms. The number of carbonyl (C=O) groups excluding carboxylic acids is 1. The minimum atomic E-state index is 0.0668. The first kappa shape index (κ1) is 15.8. The molecule has 0 bridgehead atoms. The van der Waals surface area contributed by atoms with Crippen LogP contribution in [0.4, 0.5) is 5.69 Å². The van der Waals surface area contributed by atoms with Crippen LogP contribution in [0.2, 0.25) is 4.34 Å². The molecule has 0 radical (unpaired) electrons. The number of nitrogens with zero attached hydrogens (tertiary/aromatic N) is 1. The third kappa shape index (κ3) is 4.24. The Morgan fingerprint density at radius 2 is 1.91 bits per heavy atom. The van der Waals surface area contributed by atoms with Crippen molar-refractivity contribution in [1.29, 1.82) is 0 Å².